The number of nitro groups is 1. The van der Waals surface area contributed by atoms with Gasteiger partial charge in [-0.1, -0.05) is 12.1 Å². The molecule has 0 spiro atoms. The Morgan fingerprint density at radius 2 is 1.87 bits per heavy atom. The van der Waals surface area contributed by atoms with Crippen LogP contribution in [0, 0.1) is 15.9 Å². The monoisotopic (exact) mass is 431 g/mol. The highest BCUT2D eigenvalue weighted by Gasteiger charge is 2.32. The van der Waals surface area contributed by atoms with Gasteiger partial charge < -0.3 is 14.4 Å². The average molecular weight is 431 g/mol. The number of piperazine rings is 1. The maximum absolute atomic E-state index is 13.1. The number of ether oxygens (including phenoxy) is 2. The van der Waals surface area contributed by atoms with Gasteiger partial charge in [-0.2, -0.15) is 0 Å². The number of amides is 1. The van der Waals surface area contributed by atoms with Gasteiger partial charge in [-0.3, -0.25) is 19.8 Å². The molecule has 2 unspecified atom stereocenters. The number of carbonyl (C=O) groups excluding carboxylic acids is 1. The highest BCUT2D eigenvalue weighted by atomic mass is 19.1. The Morgan fingerprint density at radius 3 is 2.52 bits per heavy atom. The van der Waals surface area contributed by atoms with Crippen molar-refractivity contribution in [1.82, 2.24) is 9.80 Å². The van der Waals surface area contributed by atoms with Gasteiger partial charge in [0.1, 0.15) is 11.6 Å². The number of carbonyl (C=O) groups is 1. The lowest BCUT2D eigenvalue weighted by atomic mass is 10.1. The lowest BCUT2D eigenvalue weighted by Gasteiger charge is -2.44. The van der Waals surface area contributed by atoms with Crippen molar-refractivity contribution in [2.75, 3.05) is 26.8 Å². The van der Waals surface area contributed by atoms with Crippen molar-refractivity contribution in [3.05, 3.63) is 64.0 Å². The van der Waals surface area contributed by atoms with Crippen LogP contribution in [0.25, 0.3) is 0 Å². The largest absolute Gasteiger partial charge is 0.497 e. The summed E-state index contributed by atoms with van der Waals surface area (Å²) >= 11 is 0. The first-order chi connectivity index (χ1) is 14.8. The van der Waals surface area contributed by atoms with Crippen LogP contribution in [0.5, 0.6) is 11.5 Å². The maximum Gasteiger partial charge on any atom is 0.311 e. The molecule has 8 nitrogen and oxygen atoms in total. The van der Waals surface area contributed by atoms with Crippen molar-refractivity contribution in [2.24, 2.45) is 0 Å². The smallest absolute Gasteiger partial charge is 0.311 e. The number of halogens is 1. The number of nitro benzene ring substituents is 1. The molecule has 1 heterocycles. The summed E-state index contributed by atoms with van der Waals surface area (Å²) in [5.41, 5.74) is 0.785. The number of nitrogens with zero attached hydrogens (tertiary/aromatic N) is 3. The third-order valence-corrected chi connectivity index (χ3v) is 5.45. The summed E-state index contributed by atoms with van der Waals surface area (Å²) in [5.74, 6) is -0.104. The number of hydrogen-bond donors (Lipinski definition) is 0. The van der Waals surface area contributed by atoms with Gasteiger partial charge in [-0.05, 0) is 37.6 Å². The summed E-state index contributed by atoms with van der Waals surface area (Å²) in [6.07, 6.45) is 0. The van der Waals surface area contributed by atoms with Gasteiger partial charge in [0, 0.05) is 43.9 Å². The van der Waals surface area contributed by atoms with Crippen LogP contribution in [-0.2, 0) is 11.3 Å². The lowest BCUT2D eigenvalue weighted by molar-refractivity contribution is -0.385. The second-order valence-corrected chi connectivity index (χ2v) is 7.68. The minimum Gasteiger partial charge on any atom is -0.497 e. The Bertz CT molecular complexity index is 937. The molecule has 2 aromatic carbocycles. The minimum absolute atomic E-state index is 0.00616. The lowest BCUT2D eigenvalue weighted by Crippen LogP contribution is -2.58. The zero-order valence-electron chi connectivity index (χ0n) is 17.8. The zero-order valence-corrected chi connectivity index (χ0v) is 17.8. The number of benzene rings is 2. The van der Waals surface area contributed by atoms with Crippen molar-refractivity contribution < 1.29 is 23.6 Å². The van der Waals surface area contributed by atoms with Crippen LogP contribution in [0.4, 0.5) is 10.1 Å². The third-order valence-electron chi connectivity index (χ3n) is 5.45. The molecule has 1 amide bonds. The van der Waals surface area contributed by atoms with E-state index in [0.717, 1.165) is 5.56 Å². The fraction of sp³-hybridized carbons (Fsp3) is 0.409. The molecule has 1 saturated heterocycles. The Morgan fingerprint density at radius 1 is 1.16 bits per heavy atom. The average Bonchev–Trinajstić information content (AvgIpc) is 2.75. The first-order valence-corrected chi connectivity index (χ1v) is 10.0. The van der Waals surface area contributed by atoms with E-state index >= 15 is 0 Å². The van der Waals surface area contributed by atoms with Gasteiger partial charge >= 0.3 is 5.69 Å². The van der Waals surface area contributed by atoms with Crippen molar-refractivity contribution >= 4 is 11.6 Å². The van der Waals surface area contributed by atoms with Gasteiger partial charge in [0.15, 0.2) is 6.61 Å². The Labute approximate surface area is 180 Å². The van der Waals surface area contributed by atoms with E-state index < -0.39 is 4.92 Å². The molecule has 3 rings (SSSR count). The summed E-state index contributed by atoms with van der Waals surface area (Å²) in [5, 5.41) is 11.2. The summed E-state index contributed by atoms with van der Waals surface area (Å²) in [7, 11) is 1.45. The van der Waals surface area contributed by atoms with E-state index in [4.69, 9.17) is 9.47 Å². The van der Waals surface area contributed by atoms with E-state index in [1.807, 2.05) is 13.8 Å². The van der Waals surface area contributed by atoms with Crippen molar-refractivity contribution in [1.29, 1.82) is 0 Å². The van der Waals surface area contributed by atoms with Gasteiger partial charge in [-0.25, -0.2) is 4.39 Å². The molecule has 166 valence electrons. The van der Waals surface area contributed by atoms with Crippen molar-refractivity contribution in [2.45, 2.75) is 32.5 Å². The van der Waals surface area contributed by atoms with E-state index in [2.05, 4.69) is 4.90 Å². The van der Waals surface area contributed by atoms with Crippen LogP contribution in [-0.4, -0.2) is 59.5 Å². The van der Waals surface area contributed by atoms with Gasteiger partial charge in [-0.15, -0.1) is 0 Å². The molecule has 0 aromatic heterocycles. The molecule has 0 bridgehead atoms. The van der Waals surface area contributed by atoms with Crippen LogP contribution >= 0.6 is 0 Å². The molecule has 9 heteroatoms. The highest BCUT2D eigenvalue weighted by molar-refractivity contribution is 5.78. The van der Waals surface area contributed by atoms with E-state index in [9.17, 15) is 19.3 Å². The molecule has 1 aliphatic rings. The Balaban J connectivity index is 1.62. The molecule has 2 atom stereocenters. The van der Waals surface area contributed by atoms with E-state index in [1.54, 1.807) is 17.0 Å². The molecule has 0 radical (unpaired) electrons. The molecular weight excluding hydrogens is 405 g/mol. The molecule has 0 saturated carbocycles. The number of hydrogen-bond acceptors (Lipinski definition) is 6. The predicted molar refractivity (Wildman–Crippen MR) is 113 cm³/mol. The summed E-state index contributed by atoms with van der Waals surface area (Å²) in [6, 6.07) is 10.6. The predicted octanol–water partition coefficient (Wildman–Crippen LogP) is 3.24. The molecule has 1 aliphatic heterocycles. The van der Waals surface area contributed by atoms with Crippen LogP contribution in [0.3, 0.4) is 0 Å². The van der Waals surface area contributed by atoms with Gasteiger partial charge in [0.2, 0.25) is 5.75 Å². The minimum atomic E-state index is -0.557. The third kappa shape index (κ3) is 5.49. The molecule has 31 heavy (non-hydrogen) atoms. The fourth-order valence-corrected chi connectivity index (χ4v) is 3.70. The van der Waals surface area contributed by atoms with E-state index in [-0.39, 0.29) is 41.9 Å². The van der Waals surface area contributed by atoms with E-state index in [0.29, 0.717) is 25.4 Å². The molecule has 0 aliphatic carbocycles. The Kier molecular flexibility index (Phi) is 7.06. The summed E-state index contributed by atoms with van der Waals surface area (Å²) in [6.45, 7) is 5.51. The SMILES string of the molecule is COc1ccc([N+](=O)[O-])c(OCC(=O)N2CC(C)N(Cc3ccc(F)cc3)CC2C)c1. The zero-order chi connectivity index (χ0) is 22.5. The van der Waals surface area contributed by atoms with Gasteiger partial charge in [0.05, 0.1) is 12.0 Å². The van der Waals surface area contributed by atoms with Crippen LogP contribution in [0.1, 0.15) is 19.4 Å². The topological polar surface area (TPSA) is 85.2 Å². The maximum atomic E-state index is 13.1. The standard InChI is InChI=1S/C22H26FN3O5/c1-15-12-25(16(2)11-24(15)13-17-4-6-18(23)7-5-17)22(27)14-31-21-10-19(30-3)8-9-20(21)26(28)29/h4-10,15-16H,11-14H2,1-3H3. The number of methoxy groups -OCH3 is 1. The number of rotatable bonds is 7. The fourth-order valence-electron chi connectivity index (χ4n) is 3.70. The second-order valence-electron chi connectivity index (χ2n) is 7.68. The quantitative estimate of drug-likeness (QED) is 0.494. The second kappa shape index (κ2) is 9.74. The van der Waals surface area contributed by atoms with Crippen LogP contribution in [0.15, 0.2) is 42.5 Å². The summed E-state index contributed by atoms with van der Waals surface area (Å²) in [4.78, 5) is 27.5. The van der Waals surface area contributed by atoms with Crippen molar-refractivity contribution in [3.63, 3.8) is 0 Å². The molecular formula is C22H26FN3O5. The molecule has 2 aromatic rings. The van der Waals surface area contributed by atoms with Gasteiger partial charge in [0.25, 0.3) is 5.91 Å². The molecule has 1 fully saturated rings. The molecule has 0 N–H and O–H groups in total. The van der Waals surface area contributed by atoms with E-state index in [1.165, 1.54) is 37.4 Å². The summed E-state index contributed by atoms with van der Waals surface area (Å²) < 4.78 is 23.7. The first-order valence-electron chi connectivity index (χ1n) is 10.0. The highest BCUT2D eigenvalue weighted by Crippen LogP contribution is 2.31. The normalized spacial score (nSPS) is 19.2. The van der Waals surface area contributed by atoms with Crippen LogP contribution in [0.2, 0.25) is 0 Å². The van der Waals surface area contributed by atoms with Crippen molar-refractivity contribution in [3.8, 4) is 11.5 Å². The Hall–Kier alpha value is -3.20. The first kappa shape index (κ1) is 22.5. The van der Waals surface area contributed by atoms with Crippen LogP contribution < -0.4 is 9.47 Å².